The van der Waals surface area contributed by atoms with E-state index < -0.39 is 17.6 Å². The van der Waals surface area contributed by atoms with Crippen LogP contribution in [0.15, 0.2) is 48.9 Å². The van der Waals surface area contributed by atoms with Gasteiger partial charge in [0.25, 0.3) is 5.91 Å². The van der Waals surface area contributed by atoms with Crippen molar-refractivity contribution in [1.82, 2.24) is 20.3 Å². The van der Waals surface area contributed by atoms with Gasteiger partial charge in [-0.05, 0) is 51.1 Å². The molecule has 12 nitrogen and oxygen atoms in total. The molecule has 0 atom stereocenters. The molecule has 3 heterocycles. The number of rotatable bonds is 7. The van der Waals surface area contributed by atoms with Crippen LogP contribution in [0, 0.1) is 0 Å². The third-order valence-electron chi connectivity index (χ3n) is 6.68. The fraction of sp³-hybridized carbons (Fsp3) is 0.414. The monoisotopic (exact) mass is 561 g/mol. The molecule has 1 aliphatic heterocycles. The fourth-order valence-corrected chi connectivity index (χ4v) is 4.60. The summed E-state index contributed by atoms with van der Waals surface area (Å²) in [5, 5.41) is 5.76. The average molecular weight is 562 g/mol. The molecule has 5 rings (SSSR count). The molecule has 4 N–H and O–H groups in total. The van der Waals surface area contributed by atoms with Crippen LogP contribution in [0.4, 0.5) is 22.0 Å². The van der Waals surface area contributed by atoms with Crippen molar-refractivity contribution in [2.75, 3.05) is 42.3 Å². The molecule has 2 aliphatic rings. The van der Waals surface area contributed by atoms with E-state index in [0.717, 1.165) is 11.3 Å². The minimum Gasteiger partial charge on any atom is -0.490 e. The molecule has 1 aromatic carbocycles. The maximum absolute atomic E-state index is 13.2. The number of nitrogen functional groups attached to an aromatic ring is 1. The number of amides is 2. The summed E-state index contributed by atoms with van der Waals surface area (Å²) in [5.41, 5.74) is 8.21. The number of ether oxygens (including phenoxy) is 3. The number of morpholine rings is 1. The highest BCUT2D eigenvalue weighted by atomic mass is 16.6. The molecular weight excluding hydrogens is 526 g/mol. The molecule has 0 bridgehead atoms. The van der Waals surface area contributed by atoms with Crippen LogP contribution in [0.1, 0.15) is 44.1 Å². The van der Waals surface area contributed by atoms with Crippen LogP contribution in [-0.2, 0) is 9.47 Å². The zero-order valence-electron chi connectivity index (χ0n) is 23.4. The van der Waals surface area contributed by atoms with Crippen LogP contribution < -0.4 is 26.0 Å². The summed E-state index contributed by atoms with van der Waals surface area (Å²) >= 11 is 0. The number of pyridine rings is 1. The standard InChI is InChI=1S/C29H35N7O5/c1-29(2,3)41-28(38)33-19-14-21(15-19)40-20-6-4-18(5-7-20)22-17-32-26(30)25(34-22)27(37)35-23-16-31-9-8-24(23)36-10-12-39-13-11-36/h4-9,16-17,19,21H,10-15H2,1-3H3,(H2,30,32)(H,33,38)(H,35,37)/t19-,21-. The number of hydrogen-bond acceptors (Lipinski definition) is 10. The summed E-state index contributed by atoms with van der Waals surface area (Å²) in [4.78, 5) is 40.2. The summed E-state index contributed by atoms with van der Waals surface area (Å²) in [6.07, 6.45) is 5.81. The Hall–Kier alpha value is -4.45. The third kappa shape index (κ3) is 7.20. The van der Waals surface area contributed by atoms with E-state index in [0.29, 0.717) is 56.3 Å². The summed E-state index contributed by atoms with van der Waals surface area (Å²) in [6.45, 7) is 8.17. The first-order valence-corrected chi connectivity index (χ1v) is 13.6. The lowest BCUT2D eigenvalue weighted by atomic mass is 9.89. The predicted molar refractivity (Wildman–Crippen MR) is 154 cm³/mol. The van der Waals surface area contributed by atoms with E-state index in [-0.39, 0.29) is 23.7 Å². The molecule has 216 valence electrons. The molecule has 1 aliphatic carbocycles. The topological polar surface area (TPSA) is 154 Å². The van der Waals surface area contributed by atoms with Gasteiger partial charge in [0.2, 0.25) is 0 Å². The summed E-state index contributed by atoms with van der Waals surface area (Å²) in [7, 11) is 0. The van der Waals surface area contributed by atoms with Gasteiger partial charge in [-0.3, -0.25) is 9.78 Å². The van der Waals surface area contributed by atoms with Crippen LogP contribution in [-0.4, -0.2) is 71.0 Å². The summed E-state index contributed by atoms with van der Waals surface area (Å²) in [5.74, 6) is 0.254. The van der Waals surface area contributed by atoms with E-state index in [4.69, 9.17) is 19.9 Å². The highest BCUT2D eigenvalue weighted by molar-refractivity contribution is 6.07. The maximum atomic E-state index is 13.2. The summed E-state index contributed by atoms with van der Waals surface area (Å²) in [6, 6.07) is 9.27. The molecule has 41 heavy (non-hydrogen) atoms. The number of anilines is 3. The quantitative estimate of drug-likeness (QED) is 0.389. The second-order valence-electron chi connectivity index (χ2n) is 11.0. The number of benzene rings is 1. The number of aromatic nitrogens is 3. The first-order chi connectivity index (χ1) is 19.6. The number of nitrogens with one attached hydrogen (secondary N) is 2. The molecule has 12 heteroatoms. The molecule has 3 aromatic rings. The lowest BCUT2D eigenvalue weighted by Gasteiger charge is -2.36. The SMILES string of the molecule is CC(C)(C)OC(=O)N[C@H]1C[C@H](Oc2ccc(-c3cnc(N)c(C(=O)Nc4cnccc4N4CCOCC4)n3)cc2)C1. The van der Waals surface area contributed by atoms with Crippen molar-refractivity contribution in [3.63, 3.8) is 0 Å². The van der Waals surface area contributed by atoms with Gasteiger partial charge in [-0.2, -0.15) is 0 Å². The minimum absolute atomic E-state index is 0.00207. The second-order valence-corrected chi connectivity index (χ2v) is 11.0. The van der Waals surface area contributed by atoms with Gasteiger partial charge in [0.05, 0.1) is 42.7 Å². The Morgan fingerprint density at radius 3 is 2.51 bits per heavy atom. The Kier molecular flexibility index (Phi) is 8.20. The highest BCUT2D eigenvalue weighted by Gasteiger charge is 2.33. The number of carbonyl (C=O) groups is 2. The van der Waals surface area contributed by atoms with Gasteiger partial charge in [-0.1, -0.05) is 0 Å². The first-order valence-electron chi connectivity index (χ1n) is 13.6. The van der Waals surface area contributed by atoms with E-state index >= 15 is 0 Å². The smallest absolute Gasteiger partial charge is 0.407 e. The largest absolute Gasteiger partial charge is 0.490 e. The Morgan fingerprint density at radius 2 is 1.80 bits per heavy atom. The molecule has 1 saturated carbocycles. The van der Waals surface area contributed by atoms with E-state index in [9.17, 15) is 9.59 Å². The Morgan fingerprint density at radius 1 is 1.07 bits per heavy atom. The van der Waals surface area contributed by atoms with Gasteiger partial charge in [-0.25, -0.2) is 14.8 Å². The zero-order valence-corrected chi connectivity index (χ0v) is 23.4. The number of hydrogen-bond donors (Lipinski definition) is 3. The highest BCUT2D eigenvalue weighted by Crippen LogP contribution is 2.29. The maximum Gasteiger partial charge on any atom is 0.407 e. The van der Waals surface area contributed by atoms with Gasteiger partial charge in [0.1, 0.15) is 17.5 Å². The molecule has 2 aromatic heterocycles. The fourth-order valence-electron chi connectivity index (χ4n) is 4.60. The van der Waals surface area contributed by atoms with Gasteiger partial charge in [0, 0.05) is 43.7 Å². The molecule has 2 fully saturated rings. The van der Waals surface area contributed by atoms with E-state index in [1.807, 2.05) is 51.1 Å². The van der Waals surface area contributed by atoms with Crippen LogP contribution in [0.25, 0.3) is 11.3 Å². The third-order valence-corrected chi connectivity index (χ3v) is 6.68. The number of alkyl carbamates (subject to hydrolysis) is 1. The molecule has 1 saturated heterocycles. The van der Waals surface area contributed by atoms with E-state index in [2.05, 4.69) is 30.5 Å². The molecule has 0 unspecified atom stereocenters. The molecule has 0 spiro atoms. The van der Waals surface area contributed by atoms with Gasteiger partial charge >= 0.3 is 6.09 Å². The van der Waals surface area contributed by atoms with Gasteiger partial charge in [-0.15, -0.1) is 0 Å². The second kappa shape index (κ2) is 12.0. The normalized spacial score (nSPS) is 18.7. The van der Waals surface area contributed by atoms with E-state index in [1.165, 1.54) is 6.20 Å². The molecular formula is C29H35N7O5. The van der Waals surface area contributed by atoms with Crippen molar-refractivity contribution in [1.29, 1.82) is 0 Å². The summed E-state index contributed by atoms with van der Waals surface area (Å²) < 4.78 is 16.8. The van der Waals surface area contributed by atoms with Crippen molar-refractivity contribution < 1.29 is 23.8 Å². The predicted octanol–water partition coefficient (Wildman–Crippen LogP) is 3.64. The number of carbonyl (C=O) groups excluding carboxylic acids is 2. The Labute approximate surface area is 238 Å². The molecule has 2 amide bonds. The van der Waals surface area contributed by atoms with Crippen molar-refractivity contribution in [2.24, 2.45) is 0 Å². The number of nitrogens with two attached hydrogens (primary N) is 1. The van der Waals surface area contributed by atoms with Crippen LogP contribution in [0.2, 0.25) is 0 Å². The van der Waals surface area contributed by atoms with Crippen molar-refractivity contribution in [3.05, 3.63) is 54.6 Å². The zero-order chi connectivity index (χ0) is 29.0. The average Bonchev–Trinajstić information content (AvgIpc) is 2.92. The van der Waals surface area contributed by atoms with Crippen LogP contribution in [0.5, 0.6) is 5.75 Å². The van der Waals surface area contributed by atoms with Gasteiger partial charge < -0.3 is 35.5 Å². The lowest BCUT2D eigenvalue weighted by molar-refractivity contribution is 0.0362. The van der Waals surface area contributed by atoms with Crippen molar-refractivity contribution >= 4 is 29.2 Å². The Bertz CT molecular complexity index is 1380. The van der Waals surface area contributed by atoms with Crippen molar-refractivity contribution in [2.45, 2.75) is 51.4 Å². The van der Waals surface area contributed by atoms with E-state index in [1.54, 1.807) is 12.4 Å². The van der Waals surface area contributed by atoms with Crippen LogP contribution in [0.3, 0.4) is 0 Å². The molecule has 0 radical (unpaired) electrons. The number of nitrogens with zero attached hydrogens (tertiary/aromatic N) is 4. The Balaban J connectivity index is 1.20. The first kappa shape index (κ1) is 28.1. The van der Waals surface area contributed by atoms with Crippen molar-refractivity contribution in [3.8, 4) is 17.0 Å². The minimum atomic E-state index is -0.531. The van der Waals surface area contributed by atoms with Crippen LogP contribution >= 0.6 is 0 Å². The van der Waals surface area contributed by atoms with Gasteiger partial charge in [0.15, 0.2) is 11.5 Å². The lowest BCUT2D eigenvalue weighted by Crippen LogP contribution is -2.50.